The summed E-state index contributed by atoms with van der Waals surface area (Å²) in [5, 5.41) is 3.72. The Bertz CT molecular complexity index is 1500. The van der Waals surface area contributed by atoms with Gasteiger partial charge in [-0.3, -0.25) is 0 Å². The molecule has 3 rings (SSSR count). The normalized spacial score (nSPS) is 18.5. The summed E-state index contributed by atoms with van der Waals surface area (Å²) in [6.45, 7) is 12.3. The van der Waals surface area contributed by atoms with Gasteiger partial charge in [-0.15, -0.1) is 0 Å². The number of azide groups is 1. The first-order valence-corrected chi connectivity index (χ1v) is 20.0. The Morgan fingerprint density at radius 3 is 2.47 bits per heavy atom. The maximum atomic E-state index is 13.5. The molecule has 0 aromatic heterocycles. The van der Waals surface area contributed by atoms with Gasteiger partial charge in [0.05, 0.1) is 25.4 Å². The van der Waals surface area contributed by atoms with Gasteiger partial charge in [-0.05, 0) is 68.1 Å². The van der Waals surface area contributed by atoms with Gasteiger partial charge in [0.1, 0.15) is 29.3 Å². The van der Waals surface area contributed by atoms with Crippen molar-refractivity contribution in [3.05, 3.63) is 87.8 Å². The van der Waals surface area contributed by atoms with E-state index in [1.807, 2.05) is 18.2 Å². The van der Waals surface area contributed by atoms with Gasteiger partial charge < -0.3 is 33.2 Å². The zero-order valence-electron chi connectivity index (χ0n) is 29.7. The molecular formula is C36H49N3O9Si. The molecule has 3 unspecified atom stereocenters. The van der Waals surface area contributed by atoms with Crippen molar-refractivity contribution < 1.29 is 42.7 Å². The fourth-order valence-corrected chi connectivity index (χ4v) is 5.73. The smallest absolute Gasteiger partial charge is 0.342 e. The van der Waals surface area contributed by atoms with Crippen molar-refractivity contribution >= 4 is 26.1 Å². The van der Waals surface area contributed by atoms with Gasteiger partial charge in [-0.1, -0.05) is 68.1 Å². The number of esters is 2. The minimum Gasteiger partial charge on any atom is -0.497 e. The summed E-state index contributed by atoms with van der Waals surface area (Å²) in [6, 6.07) is 12.6. The van der Waals surface area contributed by atoms with Crippen molar-refractivity contribution in [2.45, 2.75) is 89.4 Å². The first kappa shape index (κ1) is 39.3. The van der Waals surface area contributed by atoms with Crippen LogP contribution >= 0.6 is 0 Å². The predicted octanol–water partition coefficient (Wildman–Crippen LogP) is 7.97. The number of carbonyl (C=O) groups excluding carboxylic acids is 2. The lowest BCUT2D eigenvalue weighted by atomic mass is 10.0. The van der Waals surface area contributed by atoms with E-state index in [-0.39, 0.29) is 24.1 Å². The minimum absolute atomic E-state index is 0.0756. The van der Waals surface area contributed by atoms with E-state index in [0.717, 1.165) is 6.04 Å². The fourth-order valence-electron chi connectivity index (χ4n) is 5.02. The van der Waals surface area contributed by atoms with E-state index < -0.39 is 44.1 Å². The molecule has 1 saturated heterocycles. The average molecular weight is 696 g/mol. The molecule has 0 aliphatic carbocycles. The molecule has 12 nitrogen and oxygen atoms in total. The van der Waals surface area contributed by atoms with E-state index in [4.69, 9.17) is 38.7 Å². The molecular weight excluding hydrogens is 646 g/mol. The van der Waals surface area contributed by atoms with E-state index in [9.17, 15) is 9.59 Å². The highest BCUT2D eigenvalue weighted by Gasteiger charge is 2.45. The van der Waals surface area contributed by atoms with Crippen LogP contribution in [0.4, 0.5) is 0 Å². The molecule has 0 N–H and O–H groups in total. The monoisotopic (exact) mass is 695 g/mol. The van der Waals surface area contributed by atoms with E-state index in [1.165, 1.54) is 14.2 Å². The van der Waals surface area contributed by atoms with E-state index in [0.29, 0.717) is 36.3 Å². The molecule has 1 aliphatic rings. The first-order chi connectivity index (χ1) is 23.3. The highest BCUT2D eigenvalue weighted by Crippen LogP contribution is 2.35. The largest absolute Gasteiger partial charge is 0.497 e. The molecule has 0 bridgehead atoms. The highest BCUT2D eigenvalue weighted by atomic mass is 28.3. The molecule has 49 heavy (non-hydrogen) atoms. The number of hydrogen-bond acceptors (Lipinski definition) is 10. The SMILES string of the molecule is COCOc1cc(OC)cc(/C=C/CC2OC(C)(C)OC2C(/C=C\C[C@H](C)N=[N+]=[N-])OC(=O)c2ccccc2)c1C(=O)OCC[Si](C)(C)C. The molecule has 266 valence electrons. The summed E-state index contributed by atoms with van der Waals surface area (Å²) in [6.07, 6.45) is 5.92. The lowest BCUT2D eigenvalue weighted by Crippen LogP contribution is -2.37. The number of benzene rings is 2. The number of hydrogen-bond donors (Lipinski definition) is 0. The summed E-state index contributed by atoms with van der Waals surface area (Å²) in [7, 11) is 1.58. The molecule has 0 radical (unpaired) electrons. The van der Waals surface area contributed by atoms with Gasteiger partial charge in [-0.2, -0.15) is 0 Å². The third-order valence-electron chi connectivity index (χ3n) is 7.48. The molecule has 0 saturated carbocycles. The maximum absolute atomic E-state index is 13.5. The summed E-state index contributed by atoms with van der Waals surface area (Å²) in [5.41, 5.74) is 9.96. The van der Waals surface area contributed by atoms with Crippen LogP contribution in [-0.4, -0.2) is 77.8 Å². The molecule has 1 heterocycles. The topological polar surface area (TPSA) is 148 Å². The lowest BCUT2D eigenvalue weighted by Gasteiger charge is -2.24. The Kier molecular flexibility index (Phi) is 14.9. The average Bonchev–Trinajstić information content (AvgIpc) is 3.36. The summed E-state index contributed by atoms with van der Waals surface area (Å²) >= 11 is 0. The predicted molar refractivity (Wildman–Crippen MR) is 189 cm³/mol. The van der Waals surface area contributed by atoms with E-state index >= 15 is 0 Å². The summed E-state index contributed by atoms with van der Waals surface area (Å²) < 4.78 is 40.7. The molecule has 13 heteroatoms. The van der Waals surface area contributed by atoms with Gasteiger partial charge >= 0.3 is 11.9 Å². The molecule has 2 aromatic carbocycles. The molecule has 1 fully saturated rings. The van der Waals surface area contributed by atoms with Gasteiger partial charge in [0.25, 0.3) is 0 Å². The van der Waals surface area contributed by atoms with Crippen LogP contribution in [0.5, 0.6) is 11.5 Å². The van der Waals surface area contributed by atoms with Crippen molar-refractivity contribution in [1.29, 1.82) is 0 Å². The second-order valence-corrected chi connectivity index (χ2v) is 18.9. The van der Waals surface area contributed by atoms with Crippen LogP contribution in [0.2, 0.25) is 25.7 Å². The third-order valence-corrected chi connectivity index (χ3v) is 9.18. The van der Waals surface area contributed by atoms with Crippen molar-refractivity contribution in [3.8, 4) is 11.5 Å². The van der Waals surface area contributed by atoms with E-state index in [1.54, 1.807) is 69.3 Å². The zero-order valence-corrected chi connectivity index (χ0v) is 30.7. The van der Waals surface area contributed by atoms with Gasteiger partial charge in [-0.25, -0.2) is 9.59 Å². The van der Waals surface area contributed by atoms with E-state index in [2.05, 4.69) is 29.7 Å². The van der Waals surface area contributed by atoms with Crippen LogP contribution in [0.3, 0.4) is 0 Å². The van der Waals surface area contributed by atoms with Crippen molar-refractivity contribution in [1.82, 2.24) is 0 Å². The first-order valence-electron chi connectivity index (χ1n) is 16.3. The van der Waals surface area contributed by atoms with Crippen LogP contribution in [0.15, 0.2) is 65.8 Å². The van der Waals surface area contributed by atoms with Gasteiger partial charge in [0.15, 0.2) is 12.6 Å². The van der Waals surface area contributed by atoms with Crippen LogP contribution in [0.1, 0.15) is 59.9 Å². The van der Waals surface area contributed by atoms with Crippen LogP contribution in [-0.2, 0) is 23.7 Å². The summed E-state index contributed by atoms with van der Waals surface area (Å²) in [4.78, 5) is 29.5. The molecule has 1 aliphatic heterocycles. The fraction of sp³-hybridized carbons (Fsp3) is 0.500. The Morgan fingerprint density at radius 1 is 1.08 bits per heavy atom. The molecule has 0 spiro atoms. The second kappa shape index (κ2) is 18.6. The Labute approximate surface area is 289 Å². The maximum Gasteiger partial charge on any atom is 0.342 e. The van der Waals surface area contributed by atoms with Crippen LogP contribution < -0.4 is 9.47 Å². The number of rotatable bonds is 18. The molecule has 0 amide bonds. The third kappa shape index (κ3) is 12.7. The molecule has 2 aromatic rings. The van der Waals surface area contributed by atoms with Crippen molar-refractivity contribution in [2.75, 3.05) is 27.6 Å². The van der Waals surface area contributed by atoms with Crippen molar-refractivity contribution in [3.63, 3.8) is 0 Å². The van der Waals surface area contributed by atoms with Crippen molar-refractivity contribution in [2.24, 2.45) is 5.11 Å². The standard InChI is InChI=1S/C36H49N3O9Si/c1-25(38-39-37)14-12-18-29(46-34(40)26-15-10-9-11-16-26)33-30(47-36(2,3)48-33)19-13-17-27-22-28(43-5)23-31(45-24-42-4)32(27)35(41)44-20-21-49(6,7)8/h9-13,15-18,22-23,25,29-30,33H,14,19-21,24H2,1-8H3/b17-13+,18-12-/t25-,29?,30?,33?/m0/s1. The number of methoxy groups -OCH3 is 2. The number of nitrogens with zero attached hydrogens (tertiary/aromatic N) is 3. The number of carbonyl (C=O) groups is 2. The Balaban J connectivity index is 1.93. The quantitative estimate of drug-likeness (QED) is 0.0288. The number of ether oxygens (including phenoxy) is 7. The summed E-state index contributed by atoms with van der Waals surface area (Å²) in [5.74, 6) is -1.25. The van der Waals surface area contributed by atoms with Crippen LogP contribution in [0.25, 0.3) is 16.5 Å². The van der Waals surface area contributed by atoms with Gasteiger partial charge in [0, 0.05) is 32.2 Å². The zero-order chi connectivity index (χ0) is 36.0. The molecule has 4 atom stereocenters. The minimum atomic E-state index is -1.44. The van der Waals surface area contributed by atoms with Crippen LogP contribution in [0, 0.1) is 0 Å². The lowest BCUT2D eigenvalue weighted by molar-refractivity contribution is -0.152. The Morgan fingerprint density at radius 2 is 1.82 bits per heavy atom. The highest BCUT2D eigenvalue weighted by molar-refractivity contribution is 6.76. The Hall–Kier alpha value is -4.13. The van der Waals surface area contributed by atoms with Gasteiger partial charge in [0.2, 0.25) is 0 Å². The second-order valence-electron chi connectivity index (χ2n) is 13.3.